The maximum absolute atomic E-state index is 14.3. The van der Waals surface area contributed by atoms with E-state index in [9.17, 15) is 14.4 Å². The van der Waals surface area contributed by atoms with Gasteiger partial charge in [-0.3, -0.25) is 19.5 Å². The van der Waals surface area contributed by atoms with Crippen LogP contribution in [-0.4, -0.2) is 63.4 Å². The van der Waals surface area contributed by atoms with Crippen molar-refractivity contribution in [3.05, 3.63) is 81.7 Å². The first kappa shape index (κ1) is 24.3. The van der Waals surface area contributed by atoms with E-state index < -0.39 is 11.5 Å². The predicted octanol–water partition coefficient (Wildman–Crippen LogP) is 3.46. The lowest BCUT2D eigenvalue weighted by atomic mass is 9.70. The molecule has 0 saturated carbocycles. The number of carbonyl (C=O) groups is 3. The van der Waals surface area contributed by atoms with Crippen molar-refractivity contribution >= 4 is 50.1 Å². The van der Waals surface area contributed by atoms with Gasteiger partial charge in [0.05, 0.1) is 23.2 Å². The monoisotopic (exact) mass is 586 g/mol. The number of fused-ring (bicyclic) bond motifs is 4. The van der Waals surface area contributed by atoms with E-state index in [2.05, 4.69) is 36.4 Å². The minimum absolute atomic E-state index is 0.0208. The quantitative estimate of drug-likeness (QED) is 0.317. The fourth-order valence-electron chi connectivity index (χ4n) is 6.53. The molecule has 1 fully saturated rings. The molecule has 2 aromatic heterocycles. The summed E-state index contributed by atoms with van der Waals surface area (Å²) in [6.07, 6.45) is 5.25. The number of hydrogen-bond acceptors (Lipinski definition) is 5. The second-order valence-electron chi connectivity index (χ2n) is 10.7. The molecule has 1 saturated heterocycles. The molecule has 7 rings (SSSR count). The number of Topliss-reactive ketones (excluding diaryl/α,β-unsaturated/α-hetero) is 1. The van der Waals surface area contributed by atoms with E-state index in [0.29, 0.717) is 38.0 Å². The molecule has 1 spiro atoms. The third kappa shape index (κ3) is 3.84. The second-order valence-corrected chi connectivity index (χ2v) is 11.5. The number of rotatable bonds is 4. The molecule has 2 aromatic carbocycles. The number of carbonyl (C=O) groups excluding carboxylic acids is 3. The first-order chi connectivity index (χ1) is 18.9. The summed E-state index contributed by atoms with van der Waals surface area (Å²) < 4.78 is 0.825. The van der Waals surface area contributed by atoms with Gasteiger partial charge in [-0.25, -0.2) is 0 Å². The van der Waals surface area contributed by atoms with Crippen molar-refractivity contribution in [1.29, 1.82) is 0 Å². The molecule has 2 unspecified atom stereocenters. The van der Waals surface area contributed by atoms with Gasteiger partial charge in [0, 0.05) is 58.1 Å². The SMILES string of the molecule is O=C(c1ccc2[nH]ncc2c1)C1CC2(CCN1)C(=O)N(CC(=O)N1CCc3[nH]ccc3C1)c1cccc(Br)c12. The third-order valence-corrected chi connectivity index (χ3v) is 9.18. The van der Waals surface area contributed by atoms with Gasteiger partial charge in [-0.2, -0.15) is 5.10 Å². The zero-order valence-electron chi connectivity index (χ0n) is 21.2. The fourth-order valence-corrected chi connectivity index (χ4v) is 7.26. The highest BCUT2D eigenvalue weighted by Crippen LogP contribution is 2.51. The number of piperidine rings is 1. The van der Waals surface area contributed by atoms with Crippen molar-refractivity contribution in [3.8, 4) is 0 Å². The van der Waals surface area contributed by atoms with E-state index in [1.165, 1.54) is 5.69 Å². The minimum atomic E-state index is -0.892. The van der Waals surface area contributed by atoms with Crippen molar-refractivity contribution in [3.63, 3.8) is 0 Å². The lowest BCUT2D eigenvalue weighted by molar-refractivity contribution is -0.133. The number of H-pyrrole nitrogens is 2. The lowest BCUT2D eigenvalue weighted by Gasteiger charge is -2.38. The third-order valence-electron chi connectivity index (χ3n) is 8.52. The predicted molar refractivity (Wildman–Crippen MR) is 150 cm³/mol. The first-order valence-corrected chi connectivity index (χ1v) is 14.0. The molecule has 39 heavy (non-hydrogen) atoms. The van der Waals surface area contributed by atoms with Gasteiger partial charge in [0.15, 0.2) is 5.78 Å². The Bertz CT molecular complexity index is 1640. The Morgan fingerprint density at radius 2 is 2.08 bits per heavy atom. The van der Waals surface area contributed by atoms with Crippen LogP contribution in [0.2, 0.25) is 0 Å². The minimum Gasteiger partial charge on any atom is -0.365 e. The molecule has 10 heteroatoms. The second kappa shape index (κ2) is 9.17. The molecule has 5 heterocycles. The van der Waals surface area contributed by atoms with E-state index in [4.69, 9.17) is 0 Å². The number of ketones is 1. The average molecular weight is 587 g/mol. The van der Waals surface area contributed by atoms with Crippen LogP contribution >= 0.6 is 15.9 Å². The fraction of sp³-hybridized carbons (Fsp3) is 0.310. The Hall–Kier alpha value is -3.76. The van der Waals surface area contributed by atoms with Crippen molar-refractivity contribution in [1.82, 2.24) is 25.4 Å². The van der Waals surface area contributed by atoms with Crippen LogP contribution in [0, 0.1) is 0 Å². The van der Waals surface area contributed by atoms with Gasteiger partial charge in [0.25, 0.3) is 0 Å². The van der Waals surface area contributed by atoms with Crippen molar-refractivity contribution in [2.24, 2.45) is 0 Å². The highest BCUT2D eigenvalue weighted by Gasteiger charge is 2.55. The number of benzene rings is 2. The summed E-state index contributed by atoms with van der Waals surface area (Å²) in [6, 6.07) is 12.7. The Morgan fingerprint density at radius 3 is 2.97 bits per heavy atom. The van der Waals surface area contributed by atoms with E-state index >= 15 is 0 Å². The van der Waals surface area contributed by atoms with Gasteiger partial charge in [-0.05, 0) is 61.3 Å². The Morgan fingerprint density at radius 1 is 1.18 bits per heavy atom. The molecular weight excluding hydrogens is 560 g/mol. The smallest absolute Gasteiger partial charge is 0.242 e. The van der Waals surface area contributed by atoms with E-state index in [-0.39, 0.29) is 24.1 Å². The van der Waals surface area contributed by atoms with Gasteiger partial charge < -0.3 is 20.1 Å². The van der Waals surface area contributed by atoms with Crippen LogP contribution in [-0.2, 0) is 28.0 Å². The van der Waals surface area contributed by atoms with Crippen LogP contribution < -0.4 is 10.2 Å². The van der Waals surface area contributed by atoms with Gasteiger partial charge in [0.2, 0.25) is 11.8 Å². The summed E-state index contributed by atoms with van der Waals surface area (Å²) >= 11 is 3.70. The zero-order chi connectivity index (χ0) is 26.7. The van der Waals surface area contributed by atoms with E-state index in [0.717, 1.165) is 38.6 Å². The van der Waals surface area contributed by atoms with Crippen LogP contribution in [0.5, 0.6) is 0 Å². The van der Waals surface area contributed by atoms with Crippen LogP contribution in [0.4, 0.5) is 5.69 Å². The number of hydrogen-bond donors (Lipinski definition) is 3. The molecule has 0 bridgehead atoms. The normalized spacial score (nSPS) is 22.4. The Balaban J connectivity index is 1.18. The standard InChI is InChI=1S/C29H27BrN6O3/c30-20-2-1-3-24-26(20)29(28(39)36(24)16-25(37)35-11-7-21-18(15-35)6-9-31-21)8-10-32-23(13-29)27(38)17-4-5-22-19(12-17)14-33-34-22/h1-6,9,12,14,23,31-32H,7-8,10-11,13,15-16H2,(H,33,34). The molecule has 3 aliphatic heterocycles. The van der Waals surface area contributed by atoms with E-state index in [1.807, 2.05) is 47.5 Å². The average Bonchev–Trinajstić information content (AvgIpc) is 3.67. The summed E-state index contributed by atoms with van der Waals surface area (Å²) in [7, 11) is 0. The van der Waals surface area contributed by atoms with Crippen LogP contribution in [0.3, 0.4) is 0 Å². The molecular formula is C29H27BrN6O3. The van der Waals surface area contributed by atoms with Crippen LogP contribution in [0.15, 0.2) is 59.3 Å². The maximum Gasteiger partial charge on any atom is 0.242 e. The number of anilines is 1. The first-order valence-electron chi connectivity index (χ1n) is 13.2. The topological polar surface area (TPSA) is 114 Å². The van der Waals surface area contributed by atoms with Gasteiger partial charge in [-0.15, -0.1) is 0 Å². The Labute approximate surface area is 233 Å². The van der Waals surface area contributed by atoms with Gasteiger partial charge >= 0.3 is 0 Å². The number of nitrogens with one attached hydrogen (secondary N) is 3. The van der Waals surface area contributed by atoms with Crippen LogP contribution in [0.1, 0.15) is 40.0 Å². The largest absolute Gasteiger partial charge is 0.365 e. The summed E-state index contributed by atoms with van der Waals surface area (Å²) in [5.74, 6) is -0.237. The van der Waals surface area contributed by atoms with Crippen molar-refractivity contribution in [2.75, 3.05) is 24.5 Å². The highest BCUT2D eigenvalue weighted by molar-refractivity contribution is 9.10. The van der Waals surface area contributed by atoms with Crippen LogP contribution in [0.25, 0.3) is 10.9 Å². The number of aromatic amines is 2. The summed E-state index contributed by atoms with van der Waals surface area (Å²) in [5.41, 5.74) is 4.46. The molecule has 0 radical (unpaired) electrons. The molecule has 9 nitrogen and oxygen atoms in total. The molecule has 198 valence electrons. The van der Waals surface area contributed by atoms with Gasteiger partial charge in [-0.1, -0.05) is 22.0 Å². The number of nitrogens with zero attached hydrogens (tertiary/aromatic N) is 3. The number of aromatic nitrogens is 3. The summed E-state index contributed by atoms with van der Waals surface area (Å²) in [5, 5.41) is 11.2. The number of amides is 2. The van der Waals surface area contributed by atoms with Gasteiger partial charge in [0.1, 0.15) is 6.54 Å². The molecule has 2 atom stereocenters. The maximum atomic E-state index is 14.3. The molecule has 2 amide bonds. The van der Waals surface area contributed by atoms with Crippen molar-refractivity contribution < 1.29 is 14.4 Å². The zero-order valence-corrected chi connectivity index (χ0v) is 22.8. The molecule has 4 aromatic rings. The molecule has 0 aliphatic carbocycles. The highest BCUT2D eigenvalue weighted by atomic mass is 79.9. The molecule has 3 N–H and O–H groups in total. The summed E-state index contributed by atoms with van der Waals surface area (Å²) in [6.45, 7) is 1.65. The lowest BCUT2D eigenvalue weighted by Crippen LogP contribution is -2.55. The number of halogens is 1. The van der Waals surface area contributed by atoms with E-state index in [1.54, 1.807) is 17.2 Å². The van der Waals surface area contributed by atoms with Crippen molar-refractivity contribution in [2.45, 2.75) is 37.3 Å². The molecule has 3 aliphatic rings. The summed E-state index contributed by atoms with van der Waals surface area (Å²) in [4.78, 5) is 48.1. The Kier molecular flexibility index (Phi) is 5.71.